The van der Waals surface area contributed by atoms with E-state index in [-0.39, 0.29) is 22.7 Å². The second-order valence-corrected chi connectivity index (χ2v) is 7.12. The van der Waals surface area contributed by atoms with Gasteiger partial charge in [0.05, 0.1) is 10.6 Å². The van der Waals surface area contributed by atoms with Gasteiger partial charge in [-0.3, -0.25) is 14.9 Å². The van der Waals surface area contributed by atoms with Gasteiger partial charge in [-0.2, -0.15) is 5.26 Å². The van der Waals surface area contributed by atoms with E-state index >= 15 is 0 Å². The van der Waals surface area contributed by atoms with Crippen molar-refractivity contribution in [1.29, 1.82) is 5.26 Å². The molecule has 30 heavy (non-hydrogen) atoms. The SMILES string of the molecule is Cc1cc([N+](=O)[O-])ccc1-c1ccc(/C=C(\C#N)C(=O)Nc2ccc(Br)cc2F)o1. The van der Waals surface area contributed by atoms with Crippen LogP contribution in [0.1, 0.15) is 11.3 Å². The van der Waals surface area contributed by atoms with Crippen LogP contribution in [0.25, 0.3) is 17.4 Å². The van der Waals surface area contributed by atoms with Gasteiger partial charge in [-0.15, -0.1) is 0 Å². The fourth-order valence-corrected chi connectivity index (χ4v) is 3.02. The average molecular weight is 470 g/mol. The van der Waals surface area contributed by atoms with Gasteiger partial charge in [-0.25, -0.2) is 4.39 Å². The first-order valence-electron chi connectivity index (χ1n) is 8.52. The molecule has 1 aromatic heterocycles. The number of carbonyl (C=O) groups excluding carboxylic acids is 1. The summed E-state index contributed by atoms with van der Waals surface area (Å²) in [5, 5.41) is 22.5. The number of amides is 1. The molecule has 0 radical (unpaired) electrons. The van der Waals surface area contributed by atoms with E-state index in [2.05, 4.69) is 21.2 Å². The molecule has 0 aliphatic carbocycles. The minimum atomic E-state index is -0.789. The number of anilines is 1. The summed E-state index contributed by atoms with van der Waals surface area (Å²) in [6.45, 7) is 1.71. The Morgan fingerprint density at radius 3 is 2.67 bits per heavy atom. The predicted molar refractivity (Wildman–Crippen MR) is 112 cm³/mol. The van der Waals surface area contributed by atoms with E-state index in [0.717, 1.165) is 0 Å². The van der Waals surface area contributed by atoms with Crippen LogP contribution in [0.4, 0.5) is 15.8 Å². The number of nitrogens with zero attached hydrogens (tertiary/aromatic N) is 2. The minimum Gasteiger partial charge on any atom is -0.457 e. The molecule has 0 unspecified atom stereocenters. The van der Waals surface area contributed by atoms with Crippen molar-refractivity contribution >= 4 is 39.3 Å². The van der Waals surface area contributed by atoms with Crippen molar-refractivity contribution in [3.8, 4) is 17.4 Å². The molecule has 150 valence electrons. The lowest BCUT2D eigenvalue weighted by atomic mass is 10.1. The molecule has 0 aliphatic heterocycles. The summed E-state index contributed by atoms with van der Waals surface area (Å²) in [6.07, 6.45) is 1.23. The van der Waals surface area contributed by atoms with E-state index in [1.807, 2.05) is 0 Å². The number of nitro groups is 1. The highest BCUT2D eigenvalue weighted by Gasteiger charge is 2.15. The van der Waals surface area contributed by atoms with Crippen LogP contribution in [0.3, 0.4) is 0 Å². The summed E-state index contributed by atoms with van der Waals surface area (Å²) in [6, 6.07) is 13.4. The van der Waals surface area contributed by atoms with Crippen molar-refractivity contribution in [3.05, 3.63) is 85.8 Å². The summed E-state index contributed by atoms with van der Waals surface area (Å²) in [5.41, 5.74) is 0.898. The number of furan rings is 1. The van der Waals surface area contributed by atoms with Crippen molar-refractivity contribution in [1.82, 2.24) is 0 Å². The zero-order chi connectivity index (χ0) is 21.8. The molecule has 0 fully saturated rings. The first kappa shape index (κ1) is 21.0. The number of nitrogens with one attached hydrogen (secondary N) is 1. The summed E-state index contributed by atoms with van der Waals surface area (Å²) in [4.78, 5) is 22.7. The van der Waals surface area contributed by atoms with Crippen LogP contribution in [-0.2, 0) is 4.79 Å². The lowest BCUT2D eigenvalue weighted by Gasteiger charge is -2.05. The fourth-order valence-electron chi connectivity index (χ4n) is 2.68. The molecule has 0 aliphatic rings. The molecule has 2 aromatic carbocycles. The molecule has 1 heterocycles. The van der Waals surface area contributed by atoms with Gasteiger partial charge in [0.1, 0.15) is 29.0 Å². The lowest BCUT2D eigenvalue weighted by molar-refractivity contribution is -0.384. The number of aryl methyl sites for hydroxylation is 1. The molecule has 0 spiro atoms. The van der Waals surface area contributed by atoms with Crippen LogP contribution in [0.5, 0.6) is 0 Å². The number of rotatable bonds is 5. The third-order valence-electron chi connectivity index (χ3n) is 4.14. The highest BCUT2D eigenvalue weighted by atomic mass is 79.9. The summed E-state index contributed by atoms with van der Waals surface area (Å²) < 4.78 is 20.1. The molecule has 0 saturated carbocycles. The number of benzene rings is 2. The van der Waals surface area contributed by atoms with Crippen molar-refractivity contribution in [2.75, 3.05) is 5.32 Å². The first-order chi connectivity index (χ1) is 14.3. The zero-order valence-electron chi connectivity index (χ0n) is 15.5. The number of halogens is 2. The molecule has 3 rings (SSSR count). The lowest BCUT2D eigenvalue weighted by Crippen LogP contribution is -2.14. The normalized spacial score (nSPS) is 11.1. The molecular weight excluding hydrogens is 457 g/mol. The van der Waals surface area contributed by atoms with E-state index in [9.17, 15) is 24.6 Å². The number of non-ortho nitro benzene ring substituents is 1. The standard InChI is InChI=1S/C21H13BrFN3O4/c1-12-8-15(26(28)29)3-5-17(12)20-7-4-16(30-20)9-13(11-24)21(27)25-19-6-2-14(22)10-18(19)23/h2-10H,1H3,(H,25,27)/b13-9+. The number of hydrogen-bond acceptors (Lipinski definition) is 5. The average Bonchev–Trinajstić information content (AvgIpc) is 3.16. The van der Waals surface area contributed by atoms with Gasteiger partial charge < -0.3 is 9.73 Å². The number of carbonyl (C=O) groups is 1. The second kappa shape index (κ2) is 8.71. The molecule has 0 bridgehead atoms. The van der Waals surface area contributed by atoms with Gasteiger partial charge in [0.15, 0.2) is 0 Å². The number of hydrogen-bond donors (Lipinski definition) is 1. The first-order valence-corrected chi connectivity index (χ1v) is 9.31. The number of nitro benzene ring substituents is 1. The van der Waals surface area contributed by atoms with Gasteiger partial charge in [0.25, 0.3) is 11.6 Å². The van der Waals surface area contributed by atoms with Crippen molar-refractivity contribution in [3.63, 3.8) is 0 Å². The molecule has 0 saturated heterocycles. The van der Waals surface area contributed by atoms with Crippen molar-refractivity contribution < 1.29 is 18.5 Å². The quantitative estimate of drug-likeness (QED) is 0.226. The minimum absolute atomic E-state index is 0.0356. The molecule has 0 atom stereocenters. The summed E-state index contributed by atoms with van der Waals surface area (Å²) in [7, 11) is 0. The highest BCUT2D eigenvalue weighted by Crippen LogP contribution is 2.29. The summed E-state index contributed by atoms with van der Waals surface area (Å²) in [5.74, 6) is -0.789. The Morgan fingerprint density at radius 1 is 1.27 bits per heavy atom. The maximum Gasteiger partial charge on any atom is 0.269 e. The van der Waals surface area contributed by atoms with Crippen LogP contribution in [0.15, 0.2) is 63.0 Å². The smallest absolute Gasteiger partial charge is 0.269 e. The van der Waals surface area contributed by atoms with Crippen LogP contribution in [-0.4, -0.2) is 10.8 Å². The molecule has 1 N–H and O–H groups in total. The van der Waals surface area contributed by atoms with E-state index < -0.39 is 16.6 Å². The Morgan fingerprint density at radius 2 is 2.03 bits per heavy atom. The van der Waals surface area contributed by atoms with E-state index in [4.69, 9.17) is 4.42 Å². The Balaban J connectivity index is 1.84. The monoisotopic (exact) mass is 469 g/mol. The third kappa shape index (κ3) is 4.61. The highest BCUT2D eigenvalue weighted by molar-refractivity contribution is 9.10. The van der Waals surface area contributed by atoms with Gasteiger partial charge >= 0.3 is 0 Å². The van der Waals surface area contributed by atoms with Gasteiger partial charge in [-0.1, -0.05) is 15.9 Å². The largest absolute Gasteiger partial charge is 0.457 e. The fraction of sp³-hybridized carbons (Fsp3) is 0.0476. The van der Waals surface area contributed by atoms with Gasteiger partial charge in [-0.05, 0) is 48.9 Å². The van der Waals surface area contributed by atoms with Crippen molar-refractivity contribution in [2.45, 2.75) is 6.92 Å². The van der Waals surface area contributed by atoms with Gasteiger partial charge in [0, 0.05) is 28.2 Å². The second-order valence-electron chi connectivity index (χ2n) is 6.21. The molecule has 9 heteroatoms. The Hall–Kier alpha value is -3.77. The Bertz CT molecular complexity index is 1230. The van der Waals surface area contributed by atoms with Gasteiger partial charge in [0.2, 0.25) is 0 Å². The predicted octanol–water partition coefficient (Wildman–Crippen LogP) is 5.61. The van der Waals surface area contributed by atoms with Crippen LogP contribution < -0.4 is 5.32 Å². The maximum absolute atomic E-state index is 13.9. The van der Waals surface area contributed by atoms with Crippen LogP contribution in [0, 0.1) is 34.2 Å². The Labute approximate surface area is 178 Å². The van der Waals surface area contributed by atoms with E-state index in [0.29, 0.717) is 21.4 Å². The third-order valence-corrected chi connectivity index (χ3v) is 4.64. The van der Waals surface area contributed by atoms with E-state index in [1.165, 1.54) is 30.3 Å². The molecule has 3 aromatic rings. The molecule has 1 amide bonds. The molecule has 7 nitrogen and oxygen atoms in total. The number of nitriles is 1. The zero-order valence-corrected chi connectivity index (χ0v) is 17.1. The Kier molecular flexibility index (Phi) is 6.09. The molecular formula is C21H13BrFN3O4. The topological polar surface area (TPSA) is 109 Å². The van der Waals surface area contributed by atoms with Crippen molar-refractivity contribution in [2.24, 2.45) is 0 Å². The van der Waals surface area contributed by atoms with Crippen LogP contribution in [0.2, 0.25) is 0 Å². The van der Waals surface area contributed by atoms with Crippen LogP contribution >= 0.6 is 15.9 Å². The maximum atomic E-state index is 13.9. The van der Waals surface area contributed by atoms with E-state index in [1.54, 1.807) is 37.3 Å². The summed E-state index contributed by atoms with van der Waals surface area (Å²) >= 11 is 3.12.